The van der Waals surface area contributed by atoms with Crippen molar-refractivity contribution in [2.45, 2.75) is 6.54 Å². The van der Waals surface area contributed by atoms with Crippen molar-refractivity contribution in [1.29, 1.82) is 0 Å². The molecule has 1 aliphatic heterocycles. The Morgan fingerprint density at radius 1 is 1.17 bits per heavy atom. The number of hydrogen-bond donors (Lipinski definition) is 2. The van der Waals surface area contributed by atoms with Gasteiger partial charge in [-0.05, 0) is 55.7 Å². The first-order valence-corrected chi connectivity index (χ1v) is 10.4. The molecule has 1 aliphatic rings. The summed E-state index contributed by atoms with van der Waals surface area (Å²) in [5, 5.41) is 10.4. The van der Waals surface area contributed by atoms with E-state index >= 15 is 0 Å². The summed E-state index contributed by atoms with van der Waals surface area (Å²) in [6.45, 7) is 4.01. The van der Waals surface area contributed by atoms with Gasteiger partial charge in [-0.1, -0.05) is 11.6 Å². The van der Waals surface area contributed by atoms with Crippen LogP contribution in [0.25, 0.3) is 11.4 Å². The van der Waals surface area contributed by atoms with Crippen molar-refractivity contribution in [2.75, 3.05) is 43.4 Å². The second-order valence-corrected chi connectivity index (χ2v) is 8.01. The summed E-state index contributed by atoms with van der Waals surface area (Å²) in [6.07, 6.45) is 1.80. The van der Waals surface area contributed by atoms with E-state index in [1.165, 1.54) is 0 Å². The molecule has 1 fully saturated rings. The van der Waals surface area contributed by atoms with Crippen LogP contribution in [0.3, 0.4) is 0 Å². The Balaban J connectivity index is 1.42. The number of aromatic amines is 1. The molecule has 0 unspecified atom stereocenters. The van der Waals surface area contributed by atoms with Gasteiger partial charge in [-0.2, -0.15) is 5.10 Å². The summed E-state index contributed by atoms with van der Waals surface area (Å²) < 4.78 is 2.01. The summed E-state index contributed by atoms with van der Waals surface area (Å²) in [6, 6.07) is 11.0. The summed E-state index contributed by atoms with van der Waals surface area (Å²) in [5.41, 5.74) is 1.87. The van der Waals surface area contributed by atoms with Crippen molar-refractivity contribution < 1.29 is 4.79 Å². The number of benzene rings is 1. The van der Waals surface area contributed by atoms with Crippen molar-refractivity contribution in [2.24, 2.45) is 0 Å². The maximum Gasteiger partial charge on any atom is 0.245 e. The fourth-order valence-electron chi connectivity index (χ4n) is 3.32. The van der Waals surface area contributed by atoms with Gasteiger partial charge in [-0.15, -0.1) is 0 Å². The largest absolute Gasteiger partial charge is 0.368 e. The second kappa shape index (κ2) is 8.95. The molecule has 10 heteroatoms. The number of rotatable bonds is 5. The number of carbonyl (C=O) groups excluding carboxylic acids is 1. The van der Waals surface area contributed by atoms with Crippen LogP contribution in [0.2, 0.25) is 5.02 Å². The van der Waals surface area contributed by atoms with Crippen LogP contribution in [-0.4, -0.2) is 63.8 Å². The Hall–Kier alpha value is -2.75. The van der Waals surface area contributed by atoms with Gasteiger partial charge in [0.2, 0.25) is 5.91 Å². The number of likely N-dealkylation sites (N-methyl/N-ethyl adjacent to an activating group) is 1. The Labute approximate surface area is 184 Å². The first-order valence-electron chi connectivity index (χ1n) is 9.60. The molecule has 2 N–H and O–H groups in total. The number of pyridine rings is 1. The zero-order valence-electron chi connectivity index (χ0n) is 16.5. The number of piperazine rings is 1. The molecule has 1 amide bonds. The van der Waals surface area contributed by atoms with Crippen molar-refractivity contribution in [3.8, 4) is 11.4 Å². The lowest BCUT2D eigenvalue weighted by molar-refractivity contribution is -0.116. The van der Waals surface area contributed by atoms with Crippen LogP contribution in [0.1, 0.15) is 0 Å². The highest BCUT2D eigenvalue weighted by Crippen LogP contribution is 2.20. The van der Waals surface area contributed by atoms with Gasteiger partial charge < -0.3 is 15.1 Å². The van der Waals surface area contributed by atoms with Gasteiger partial charge in [-0.25, -0.2) is 4.98 Å². The highest BCUT2D eigenvalue weighted by Gasteiger charge is 2.16. The number of hydrogen-bond acceptors (Lipinski definition) is 6. The molecule has 3 aromatic rings. The van der Waals surface area contributed by atoms with E-state index in [0.717, 1.165) is 37.4 Å². The van der Waals surface area contributed by atoms with E-state index in [1.807, 2.05) is 24.3 Å². The molecule has 1 aromatic carbocycles. The standard InChI is InChI=1S/C20H22ClN7OS/c1-26-8-10-27(11-9-26)16-6-7-17(22-12-16)23-18(29)13-28-19(24-25-20(28)30)14-2-4-15(21)5-3-14/h2-7,12H,8-11,13H2,1H3,(H,25,30)(H,22,23,29). The number of anilines is 2. The SMILES string of the molecule is CN1CCN(c2ccc(NC(=O)Cn3c(-c4ccc(Cl)cc4)n[nH]c3=S)nc2)CC1. The Bertz CT molecular complexity index is 1070. The molecule has 0 aliphatic carbocycles. The zero-order valence-corrected chi connectivity index (χ0v) is 18.1. The Morgan fingerprint density at radius 2 is 1.90 bits per heavy atom. The third-order valence-electron chi connectivity index (χ3n) is 5.05. The lowest BCUT2D eigenvalue weighted by Gasteiger charge is -2.33. The maximum absolute atomic E-state index is 12.6. The molecule has 2 aromatic heterocycles. The van der Waals surface area contributed by atoms with Crippen LogP contribution in [-0.2, 0) is 11.3 Å². The Morgan fingerprint density at radius 3 is 2.57 bits per heavy atom. The van der Waals surface area contributed by atoms with E-state index < -0.39 is 0 Å². The predicted octanol–water partition coefficient (Wildman–Crippen LogP) is 3.05. The highest BCUT2D eigenvalue weighted by atomic mass is 35.5. The van der Waals surface area contributed by atoms with Crippen molar-refractivity contribution in [3.05, 3.63) is 52.4 Å². The van der Waals surface area contributed by atoms with Crippen LogP contribution in [0.4, 0.5) is 11.5 Å². The molecule has 1 saturated heterocycles. The normalized spacial score (nSPS) is 14.7. The quantitative estimate of drug-likeness (QED) is 0.590. The second-order valence-electron chi connectivity index (χ2n) is 7.19. The minimum atomic E-state index is -0.234. The number of amides is 1. The Kier molecular flexibility index (Phi) is 6.12. The smallest absolute Gasteiger partial charge is 0.245 e. The lowest BCUT2D eigenvalue weighted by atomic mass is 10.2. The first kappa shape index (κ1) is 20.5. The fourth-order valence-corrected chi connectivity index (χ4v) is 3.64. The number of aromatic nitrogens is 4. The van der Waals surface area contributed by atoms with Crippen LogP contribution in [0, 0.1) is 4.77 Å². The summed E-state index contributed by atoms with van der Waals surface area (Å²) in [4.78, 5) is 21.6. The summed E-state index contributed by atoms with van der Waals surface area (Å²) >= 11 is 11.2. The molecule has 0 bridgehead atoms. The monoisotopic (exact) mass is 443 g/mol. The molecule has 0 atom stereocenters. The molecule has 8 nitrogen and oxygen atoms in total. The van der Waals surface area contributed by atoms with E-state index in [-0.39, 0.29) is 12.5 Å². The first-order chi connectivity index (χ1) is 14.5. The van der Waals surface area contributed by atoms with E-state index in [4.69, 9.17) is 23.8 Å². The van der Waals surface area contributed by atoms with Gasteiger partial charge >= 0.3 is 0 Å². The maximum atomic E-state index is 12.6. The van der Waals surface area contributed by atoms with Gasteiger partial charge in [0, 0.05) is 36.8 Å². The molecule has 30 heavy (non-hydrogen) atoms. The number of nitrogens with zero attached hydrogens (tertiary/aromatic N) is 5. The molecule has 156 valence electrons. The summed E-state index contributed by atoms with van der Waals surface area (Å²) in [5.74, 6) is 0.841. The van der Waals surface area contributed by atoms with Crippen LogP contribution >= 0.6 is 23.8 Å². The van der Waals surface area contributed by atoms with Crippen LogP contribution in [0.5, 0.6) is 0 Å². The lowest BCUT2D eigenvalue weighted by Crippen LogP contribution is -2.44. The minimum Gasteiger partial charge on any atom is -0.368 e. The van der Waals surface area contributed by atoms with Crippen LogP contribution < -0.4 is 10.2 Å². The van der Waals surface area contributed by atoms with Gasteiger partial charge in [0.05, 0.1) is 11.9 Å². The van der Waals surface area contributed by atoms with E-state index in [1.54, 1.807) is 22.9 Å². The molecular weight excluding hydrogens is 422 g/mol. The minimum absolute atomic E-state index is 0.0230. The number of nitrogens with one attached hydrogen (secondary N) is 2. The topological polar surface area (TPSA) is 82.1 Å². The third-order valence-corrected chi connectivity index (χ3v) is 5.61. The summed E-state index contributed by atoms with van der Waals surface area (Å²) in [7, 11) is 2.12. The van der Waals surface area contributed by atoms with Crippen molar-refractivity contribution >= 4 is 41.2 Å². The molecule has 4 rings (SSSR count). The van der Waals surface area contributed by atoms with Gasteiger partial charge in [0.15, 0.2) is 10.6 Å². The third kappa shape index (κ3) is 4.69. The molecule has 3 heterocycles. The predicted molar refractivity (Wildman–Crippen MR) is 120 cm³/mol. The zero-order chi connectivity index (χ0) is 21.1. The molecule has 0 saturated carbocycles. The van der Waals surface area contributed by atoms with Gasteiger partial charge in [-0.3, -0.25) is 14.5 Å². The fraction of sp³-hybridized carbons (Fsp3) is 0.300. The van der Waals surface area contributed by atoms with Crippen molar-refractivity contribution in [3.63, 3.8) is 0 Å². The molecule has 0 radical (unpaired) electrons. The van der Waals surface area contributed by atoms with Crippen molar-refractivity contribution in [1.82, 2.24) is 24.6 Å². The number of halogens is 1. The number of carbonyl (C=O) groups is 1. The van der Waals surface area contributed by atoms with Gasteiger partial charge in [0.1, 0.15) is 12.4 Å². The van der Waals surface area contributed by atoms with E-state index in [9.17, 15) is 4.79 Å². The average Bonchev–Trinajstić information content (AvgIpc) is 3.10. The molecule has 0 spiro atoms. The highest BCUT2D eigenvalue weighted by molar-refractivity contribution is 7.71. The van der Waals surface area contributed by atoms with E-state index in [0.29, 0.717) is 21.4 Å². The number of H-pyrrole nitrogens is 1. The molecular formula is C20H22ClN7OS. The van der Waals surface area contributed by atoms with Gasteiger partial charge in [0.25, 0.3) is 0 Å². The van der Waals surface area contributed by atoms with E-state index in [2.05, 4.69) is 37.3 Å². The van der Waals surface area contributed by atoms with Crippen LogP contribution in [0.15, 0.2) is 42.6 Å². The average molecular weight is 444 g/mol.